The summed E-state index contributed by atoms with van der Waals surface area (Å²) < 4.78 is 62.0. The highest BCUT2D eigenvalue weighted by Gasteiger charge is 2.43. The lowest BCUT2D eigenvalue weighted by Gasteiger charge is -2.38. The lowest BCUT2D eigenvalue weighted by Crippen LogP contribution is -2.45. The van der Waals surface area contributed by atoms with E-state index in [0.717, 1.165) is 48.4 Å². The van der Waals surface area contributed by atoms with Crippen LogP contribution >= 0.6 is 11.3 Å². The minimum atomic E-state index is -4.84. The van der Waals surface area contributed by atoms with E-state index in [1.807, 2.05) is 0 Å². The number of anilines is 1. The molecule has 226 valence electrons. The van der Waals surface area contributed by atoms with Crippen molar-refractivity contribution in [1.29, 1.82) is 0 Å². The number of carboxylic acids is 1. The van der Waals surface area contributed by atoms with E-state index in [0.29, 0.717) is 28.3 Å². The number of carboxylic acid groups (broad SMARTS) is 1. The van der Waals surface area contributed by atoms with E-state index in [1.165, 1.54) is 36.6 Å². The van der Waals surface area contributed by atoms with Gasteiger partial charge in [-0.1, -0.05) is 28.6 Å². The molecule has 9 nitrogen and oxygen atoms in total. The number of benzene rings is 2. The van der Waals surface area contributed by atoms with Crippen LogP contribution in [0.15, 0.2) is 40.9 Å². The molecule has 2 saturated heterocycles. The summed E-state index contributed by atoms with van der Waals surface area (Å²) in [7, 11) is 1.50. The predicted molar refractivity (Wildman–Crippen MR) is 151 cm³/mol. The molecule has 4 heterocycles. The Balaban J connectivity index is 1.11. The number of aromatic carboxylic acids is 1. The summed E-state index contributed by atoms with van der Waals surface area (Å²) in [5.41, 5.74) is 1.99. The van der Waals surface area contributed by atoms with Gasteiger partial charge in [-0.05, 0) is 62.8 Å². The van der Waals surface area contributed by atoms with Crippen molar-refractivity contribution in [2.24, 2.45) is 0 Å². The molecule has 0 spiro atoms. The van der Waals surface area contributed by atoms with Crippen molar-refractivity contribution in [3.05, 3.63) is 53.3 Å². The number of hydrogen-bond donors (Lipinski definition) is 1. The molecule has 2 bridgehead atoms. The fraction of sp³-hybridized carbons (Fsp3) is 0.433. The molecule has 3 fully saturated rings. The molecule has 4 aromatic rings. The molecule has 1 N–H and O–H groups in total. The summed E-state index contributed by atoms with van der Waals surface area (Å²) in [5.74, 6) is -0.0691. The first-order valence-corrected chi connectivity index (χ1v) is 15.0. The third kappa shape index (κ3) is 5.40. The van der Waals surface area contributed by atoms with Crippen molar-refractivity contribution < 1.29 is 41.8 Å². The van der Waals surface area contributed by atoms with Gasteiger partial charge in [0.25, 0.3) is 0 Å². The molecule has 2 aromatic carbocycles. The van der Waals surface area contributed by atoms with Gasteiger partial charge in [-0.3, -0.25) is 0 Å². The van der Waals surface area contributed by atoms with Gasteiger partial charge >= 0.3 is 12.3 Å². The van der Waals surface area contributed by atoms with Crippen LogP contribution in [0, 0.1) is 0 Å². The van der Waals surface area contributed by atoms with Gasteiger partial charge in [-0.25, -0.2) is 9.78 Å². The number of rotatable bonds is 9. The summed E-state index contributed by atoms with van der Waals surface area (Å²) >= 11 is 1.46. The molecule has 3 atom stereocenters. The standard InChI is InChI=1S/C30H28F3N3O6S/c1-39-23-10-16(28(37)38)11-24-26(23)34-29(43-24)36-17-8-9-18(36)13-19(12-17)40-14-21-25(35-42-27(21)15-6-7-15)20-4-2-3-5-22(20)41-30(31,32)33/h2-5,10-11,15,17-19H,6-9,12-14H2,1H3,(H,37,38)/t17-,18+,19+. The van der Waals surface area contributed by atoms with E-state index < -0.39 is 12.3 Å². The Hall–Kier alpha value is -3.84. The van der Waals surface area contributed by atoms with Crippen LogP contribution in [-0.2, 0) is 11.3 Å². The number of methoxy groups -OCH3 is 1. The van der Waals surface area contributed by atoms with Crippen molar-refractivity contribution >= 4 is 32.7 Å². The summed E-state index contributed by atoms with van der Waals surface area (Å²) in [6.45, 7) is 0.172. The molecule has 2 aromatic heterocycles. The van der Waals surface area contributed by atoms with Gasteiger partial charge < -0.3 is 28.7 Å². The van der Waals surface area contributed by atoms with Gasteiger partial charge in [-0.2, -0.15) is 0 Å². The maximum Gasteiger partial charge on any atom is 0.573 e. The Morgan fingerprint density at radius 3 is 2.53 bits per heavy atom. The Bertz CT molecular complexity index is 1670. The zero-order valence-corrected chi connectivity index (χ0v) is 23.9. The van der Waals surface area contributed by atoms with Crippen LogP contribution in [0.25, 0.3) is 21.5 Å². The van der Waals surface area contributed by atoms with Crippen molar-refractivity contribution in [1.82, 2.24) is 10.1 Å². The largest absolute Gasteiger partial charge is 0.573 e. The Kier molecular flexibility index (Phi) is 6.96. The number of nitrogens with zero attached hydrogens (tertiary/aromatic N) is 3. The van der Waals surface area contributed by atoms with Crippen LogP contribution in [0.1, 0.15) is 66.1 Å². The number of carbonyl (C=O) groups is 1. The number of aromatic nitrogens is 2. The number of hydrogen-bond acceptors (Lipinski definition) is 9. The van der Waals surface area contributed by atoms with Gasteiger partial charge in [-0.15, -0.1) is 13.2 Å². The highest BCUT2D eigenvalue weighted by molar-refractivity contribution is 7.22. The zero-order valence-electron chi connectivity index (χ0n) is 23.1. The Morgan fingerprint density at radius 1 is 1.12 bits per heavy atom. The van der Waals surface area contributed by atoms with Crippen molar-refractivity contribution in [3.63, 3.8) is 0 Å². The van der Waals surface area contributed by atoms with Gasteiger partial charge in [0.15, 0.2) is 5.13 Å². The van der Waals surface area contributed by atoms with Crippen molar-refractivity contribution in [3.8, 4) is 22.8 Å². The number of halogens is 3. The molecule has 0 amide bonds. The van der Waals surface area contributed by atoms with Gasteiger partial charge in [0.05, 0.1) is 30.1 Å². The van der Waals surface area contributed by atoms with E-state index in [1.54, 1.807) is 18.2 Å². The molecule has 2 aliphatic heterocycles. The van der Waals surface area contributed by atoms with Crippen LogP contribution in [0.5, 0.6) is 11.5 Å². The smallest absolute Gasteiger partial charge is 0.494 e. The lowest BCUT2D eigenvalue weighted by atomic mass is 10.00. The monoisotopic (exact) mass is 615 g/mol. The maximum atomic E-state index is 13.1. The van der Waals surface area contributed by atoms with E-state index >= 15 is 0 Å². The topological polar surface area (TPSA) is 107 Å². The second-order valence-electron chi connectivity index (χ2n) is 11.2. The van der Waals surface area contributed by atoms with Gasteiger partial charge in [0, 0.05) is 29.1 Å². The highest BCUT2D eigenvalue weighted by Crippen LogP contribution is 2.47. The summed E-state index contributed by atoms with van der Waals surface area (Å²) in [4.78, 5) is 18.8. The summed E-state index contributed by atoms with van der Waals surface area (Å²) in [6.07, 6.45) is 0.451. The summed E-state index contributed by atoms with van der Waals surface area (Å²) in [5, 5.41) is 14.5. The molecule has 0 radical (unpaired) electrons. The normalized spacial score (nSPS) is 21.9. The third-order valence-corrected chi connectivity index (χ3v) is 9.44. The Labute approximate surface area is 248 Å². The maximum absolute atomic E-state index is 13.1. The quantitative estimate of drug-likeness (QED) is 0.210. The number of fused-ring (bicyclic) bond motifs is 3. The SMILES string of the molecule is COc1cc(C(=O)O)cc2sc(N3[C@@H]4CC[C@H]3C[C@@H](OCc3c(-c5ccccc5OC(F)(F)F)noc3C3CC3)C4)nc12. The van der Waals surface area contributed by atoms with Gasteiger partial charge in [0.2, 0.25) is 0 Å². The lowest BCUT2D eigenvalue weighted by molar-refractivity contribution is -0.274. The minimum absolute atomic E-state index is 0.0623. The van der Waals surface area contributed by atoms with E-state index in [4.69, 9.17) is 19.0 Å². The average Bonchev–Trinajstić information content (AvgIpc) is 3.48. The van der Waals surface area contributed by atoms with E-state index in [2.05, 4.69) is 14.8 Å². The molecular weight excluding hydrogens is 587 g/mol. The number of ether oxygens (including phenoxy) is 3. The van der Waals surface area contributed by atoms with Crippen LogP contribution in [0.3, 0.4) is 0 Å². The minimum Gasteiger partial charge on any atom is -0.494 e. The van der Waals surface area contributed by atoms with Crippen LogP contribution in [-0.4, -0.2) is 52.9 Å². The van der Waals surface area contributed by atoms with Crippen LogP contribution in [0.4, 0.5) is 18.3 Å². The number of alkyl halides is 3. The zero-order chi connectivity index (χ0) is 29.9. The number of thiazole rings is 1. The second kappa shape index (κ2) is 10.7. The molecule has 13 heteroatoms. The Morgan fingerprint density at radius 2 is 1.86 bits per heavy atom. The van der Waals surface area contributed by atoms with E-state index in [9.17, 15) is 23.1 Å². The van der Waals surface area contributed by atoms with Gasteiger partial charge in [0.1, 0.15) is 28.5 Å². The molecule has 1 saturated carbocycles. The first kappa shape index (κ1) is 28.0. The average molecular weight is 616 g/mol. The highest BCUT2D eigenvalue weighted by atomic mass is 32.1. The van der Waals surface area contributed by atoms with E-state index in [-0.39, 0.29) is 47.6 Å². The molecule has 0 unspecified atom stereocenters. The first-order chi connectivity index (χ1) is 20.7. The van der Waals surface area contributed by atoms with Crippen molar-refractivity contribution in [2.45, 2.75) is 75.6 Å². The number of para-hydroxylation sites is 1. The second-order valence-corrected chi connectivity index (χ2v) is 12.2. The fourth-order valence-corrected chi connectivity index (χ4v) is 7.53. The predicted octanol–water partition coefficient (Wildman–Crippen LogP) is 7.15. The summed E-state index contributed by atoms with van der Waals surface area (Å²) in [6, 6.07) is 9.45. The fourth-order valence-electron chi connectivity index (χ4n) is 6.37. The molecule has 3 aliphatic rings. The molecular formula is C30H28F3N3O6S. The number of piperidine rings is 1. The first-order valence-electron chi connectivity index (χ1n) is 14.1. The van der Waals surface area contributed by atoms with Crippen molar-refractivity contribution in [2.75, 3.05) is 12.0 Å². The van der Waals surface area contributed by atoms with Crippen LogP contribution < -0.4 is 14.4 Å². The third-order valence-electron chi connectivity index (χ3n) is 8.42. The molecule has 7 rings (SSSR count). The van der Waals surface area contributed by atoms with Crippen LogP contribution in [0.2, 0.25) is 0 Å². The molecule has 1 aliphatic carbocycles. The molecule has 43 heavy (non-hydrogen) atoms.